The first-order valence-electron chi connectivity index (χ1n) is 15.0. The number of rotatable bonds is 12. The molecule has 20 heteroatoms. The summed E-state index contributed by atoms with van der Waals surface area (Å²) >= 11 is 0. The van der Waals surface area contributed by atoms with Gasteiger partial charge < -0.3 is 42.2 Å². The normalized spacial score (nSPS) is 19.5. The first-order valence-corrected chi connectivity index (χ1v) is 15.0. The zero-order chi connectivity index (χ0) is 36.3. The van der Waals surface area contributed by atoms with Crippen LogP contribution in [0.3, 0.4) is 0 Å². The summed E-state index contributed by atoms with van der Waals surface area (Å²) in [5, 5.41) is 22.1. The van der Waals surface area contributed by atoms with Crippen LogP contribution in [-0.4, -0.2) is 88.3 Å². The number of aromatic nitrogens is 6. The summed E-state index contributed by atoms with van der Waals surface area (Å²) in [5.74, 6) is -7.30. The van der Waals surface area contributed by atoms with Gasteiger partial charge in [0, 0.05) is 18.2 Å². The highest BCUT2D eigenvalue weighted by Crippen LogP contribution is 2.42. The molecule has 0 bridgehead atoms. The first-order chi connectivity index (χ1) is 23.6. The summed E-state index contributed by atoms with van der Waals surface area (Å²) < 4.78 is 39.9. The van der Waals surface area contributed by atoms with Gasteiger partial charge in [-0.25, -0.2) is 19.6 Å². The highest BCUT2D eigenvalue weighted by Gasteiger charge is 2.60. The van der Waals surface area contributed by atoms with Gasteiger partial charge >= 0.3 is 23.6 Å². The van der Waals surface area contributed by atoms with E-state index in [-0.39, 0.29) is 34.7 Å². The van der Waals surface area contributed by atoms with Crippen LogP contribution in [0, 0.1) is 0 Å². The van der Waals surface area contributed by atoms with Crippen LogP contribution in [0.15, 0.2) is 47.5 Å². The molecule has 4 heterocycles. The maximum absolute atomic E-state index is 14.7. The van der Waals surface area contributed by atoms with Gasteiger partial charge in [-0.2, -0.15) is 23.7 Å². The molecular weight excluding hydrogens is 666 g/mol. The van der Waals surface area contributed by atoms with Crippen molar-refractivity contribution in [2.75, 3.05) is 23.8 Å². The molecule has 2 unspecified atom stereocenters. The van der Waals surface area contributed by atoms with Crippen molar-refractivity contribution in [3.05, 3.63) is 70.0 Å². The van der Waals surface area contributed by atoms with E-state index in [1.165, 1.54) is 12.1 Å². The van der Waals surface area contributed by atoms with E-state index < -0.39 is 73.4 Å². The second-order valence-electron chi connectivity index (χ2n) is 11.5. The number of hydrogen-bond acceptors (Lipinski definition) is 15. The molecule has 0 saturated carbocycles. The van der Waals surface area contributed by atoms with Crippen LogP contribution in [0.25, 0.3) is 11.2 Å². The number of aliphatic hydroxyl groups is 1. The van der Waals surface area contributed by atoms with Gasteiger partial charge in [-0.15, -0.1) is 0 Å². The number of halogens is 2. The number of benzene rings is 1. The number of carbonyl (C=O) groups excluding carboxylic acids is 2. The maximum atomic E-state index is 14.7. The van der Waals surface area contributed by atoms with Gasteiger partial charge in [-0.1, -0.05) is 19.1 Å². The SMILES string of the molecule is CC(Cc1cnc2nc(N)nc(N)c2n1)c1ccc(C(=O)N[C@H](CCC(=O)OCC2O[C@@H](n3ccc(N)nc3=O)C(F)(F)[C@H]2O)C(=O)O)cc1. The number of fused-ring (bicyclic) bond motifs is 1. The van der Waals surface area contributed by atoms with Crippen LogP contribution in [0.2, 0.25) is 0 Å². The number of carbonyl (C=O) groups is 3. The molecule has 5 atom stereocenters. The molecule has 0 aliphatic carbocycles. The van der Waals surface area contributed by atoms with E-state index in [9.17, 15) is 38.2 Å². The summed E-state index contributed by atoms with van der Waals surface area (Å²) in [4.78, 5) is 69.1. The number of alkyl halides is 2. The lowest BCUT2D eigenvalue weighted by Crippen LogP contribution is -2.42. The minimum atomic E-state index is -3.96. The molecule has 1 aliphatic rings. The Morgan fingerprint density at radius 1 is 1.10 bits per heavy atom. The number of carboxylic acid groups (broad SMARTS) is 1. The Labute approximate surface area is 280 Å². The number of nitrogen functional groups attached to an aromatic ring is 3. The van der Waals surface area contributed by atoms with Crippen molar-refractivity contribution in [3.8, 4) is 0 Å². The molecule has 264 valence electrons. The van der Waals surface area contributed by atoms with Crippen LogP contribution < -0.4 is 28.2 Å². The molecule has 0 radical (unpaired) electrons. The summed E-state index contributed by atoms with van der Waals surface area (Å²) in [6.45, 7) is 1.11. The quantitative estimate of drug-likeness (QED) is 0.107. The molecule has 5 rings (SSSR count). The zero-order valence-electron chi connectivity index (χ0n) is 26.3. The molecule has 1 aliphatic heterocycles. The molecule has 4 aromatic rings. The lowest BCUT2D eigenvalue weighted by atomic mass is 9.95. The van der Waals surface area contributed by atoms with E-state index in [0.717, 1.165) is 17.8 Å². The zero-order valence-corrected chi connectivity index (χ0v) is 26.3. The van der Waals surface area contributed by atoms with E-state index in [0.29, 0.717) is 22.2 Å². The molecule has 1 amide bonds. The van der Waals surface area contributed by atoms with Crippen LogP contribution in [-0.2, 0) is 25.5 Å². The highest BCUT2D eigenvalue weighted by molar-refractivity contribution is 5.96. The fraction of sp³-hybridized carbons (Fsp3) is 0.367. The number of aliphatic carboxylic acids is 1. The lowest BCUT2D eigenvalue weighted by molar-refractivity contribution is -0.151. The number of hydrogen-bond donors (Lipinski definition) is 6. The van der Waals surface area contributed by atoms with Crippen molar-refractivity contribution in [2.45, 2.75) is 62.5 Å². The third kappa shape index (κ3) is 7.70. The number of ether oxygens (including phenoxy) is 2. The second-order valence-corrected chi connectivity index (χ2v) is 11.5. The lowest BCUT2D eigenvalue weighted by Gasteiger charge is -2.20. The van der Waals surface area contributed by atoms with Gasteiger partial charge in [0.2, 0.25) is 12.2 Å². The molecule has 9 N–H and O–H groups in total. The third-order valence-corrected chi connectivity index (χ3v) is 7.89. The largest absolute Gasteiger partial charge is 0.480 e. The van der Waals surface area contributed by atoms with E-state index in [1.54, 1.807) is 18.3 Å². The summed E-state index contributed by atoms with van der Waals surface area (Å²) in [6, 6.07) is 6.02. The van der Waals surface area contributed by atoms with E-state index in [2.05, 4.69) is 30.2 Å². The van der Waals surface area contributed by atoms with Crippen LogP contribution in [0.5, 0.6) is 0 Å². The van der Waals surface area contributed by atoms with Gasteiger partial charge in [0.25, 0.3) is 5.91 Å². The molecular formula is C30H32F2N10O8. The minimum Gasteiger partial charge on any atom is -0.480 e. The van der Waals surface area contributed by atoms with Gasteiger partial charge in [0.1, 0.15) is 24.6 Å². The molecule has 1 aromatic carbocycles. The van der Waals surface area contributed by atoms with Gasteiger partial charge in [-0.3, -0.25) is 14.2 Å². The van der Waals surface area contributed by atoms with Crippen molar-refractivity contribution in [1.29, 1.82) is 0 Å². The molecule has 3 aromatic heterocycles. The molecule has 1 saturated heterocycles. The fourth-order valence-electron chi connectivity index (χ4n) is 5.19. The molecule has 0 spiro atoms. The Bertz CT molecular complexity index is 1980. The Morgan fingerprint density at radius 2 is 1.82 bits per heavy atom. The Balaban J connectivity index is 1.12. The fourth-order valence-corrected chi connectivity index (χ4v) is 5.19. The van der Waals surface area contributed by atoms with Gasteiger partial charge in [0.05, 0.1) is 11.9 Å². The van der Waals surface area contributed by atoms with Crippen molar-refractivity contribution >= 4 is 46.6 Å². The van der Waals surface area contributed by atoms with Crippen molar-refractivity contribution in [2.24, 2.45) is 0 Å². The topological polar surface area (TPSA) is 287 Å². The number of carboxylic acids is 1. The van der Waals surface area contributed by atoms with Crippen LogP contribution in [0.4, 0.5) is 26.4 Å². The minimum absolute atomic E-state index is 0.0140. The summed E-state index contributed by atoms with van der Waals surface area (Å²) in [7, 11) is 0. The number of anilines is 3. The highest BCUT2D eigenvalue weighted by atomic mass is 19.3. The summed E-state index contributed by atoms with van der Waals surface area (Å²) in [5.41, 5.74) is 17.9. The number of amides is 1. The molecule has 50 heavy (non-hydrogen) atoms. The van der Waals surface area contributed by atoms with Gasteiger partial charge in [-0.05, 0) is 42.5 Å². The predicted molar refractivity (Wildman–Crippen MR) is 169 cm³/mol. The Hall–Kier alpha value is -5.89. The Kier molecular flexibility index (Phi) is 10.1. The number of esters is 1. The Morgan fingerprint density at radius 3 is 2.50 bits per heavy atom. The third-order valence-electron chi connectivity index (χ3n) is 7.89. The smallest absolute Gasteiger partial charge is 0.351 e. The van der Waals surface area contributed by atoms with Crippen LogP contribution in [0.1, 0.15) is 53.5 Å². The average Bonchev–Trinajstić information content (AvgIpc) is 3.29. The molecule has 18 nitrogen and oxygen atoms in total. The van der Waals surface area contributed by atoms with E-state index in [4.69, 9.17) is 26.7 Å². The summed E-state index contributed by atoms with van der Waals surface area (Å²) in [6.07, 6.45) is -4.41. The first kappa shape index (κ1) is 35.4. The standard InChI is InChI=1S/C30H32F2N10O8/c1-13(10-16-11-36-24-21(37-16)23(34)40-28(35)41-24)14-2-4-15(5-3-14)25(45)38-17(26(46)47)6-7-20(43)49-12-18-22(44)30(31,32)27(50-18)42-9-8-19(33)39-29(42)48/h2-5,8-9,11,13,17-18,22,27,44H,6-7,10,12H2,1H3,(H,38,45)(H,46,47)(H2,33,39,48)(H4,34,35,36,40,41)/t13?,17-,18?,22+,27-/m1/s1. The average molecular weight is 699 g/mol. The number of nitrogens with two attached hydrogens (primary N) is 3. The van der Waals surface area contributed by atoms with Crippen molar-refractivity contribution in [3.63, 3.8) is 0 Å². The number of aliphatic hydroxyl groups excluding tert-OH is 1. The monoisotopic (exact) mass is 698 g/mol. The van der Waals surface area contributed by atoms with Crippen molar-refractivity contribution < 1.29 is 42.9 Å². The van der Waals surface area contributed by atoms with E-state index in [1.807, 2.05) is 6.92 Å². The van der Waals surface area contributed by atoms with Gasteiger partial charge in [0.15, 0.2) is 23.1 Å². The predicted octanol–water partition coefficient (Wildman–Crippen LogP) is 0.170. The molecule has 1 fully saturated rings. The number of nitrogens with zero attached hydrogens (tertiary/aromatic N) is 6. The van der Waals surface area contributed by atoms with E-state index >= 15 is 0 Å². The maximum Gasteiger partial charge on any atom is 0.351 e. The number of nitrogens with one attached hydrogen (secondary N) is 1. The second kappa shape index (κ2) is 14.3. The van der Waals surface area contributed by atoms with Crippen molar-refractivity contribution in [1.82, 2.24) is 34.8 Å². The van der Waals surface area contributed by atoms with Crippen LogP contribution >= 0.6 is 0 Å².